The van der Waals surface area contributed by atoms with Crippen molar-refractivity contribution in [3.63, 3.8) is 0 Å². The summed E-state index contributed by atoms with van der Waals surface area (Å²) < 4.78 is 5.01. The predicted octanol–water partition coefficient (Wildman–Crippen LogP) is 1.77. The van der Waals surface area contributed by atoms with Crippen molar-refractivity contribution in [2.45, 2.75) is 19.8 Å². The van der Waals surface area contributed by atoms with Gasteiger partial charge in [0, 0.05) is 19.3 Å². The molecule has 0 atom stereocenters. The zero-order chi connectivity index (χ0) is 14.5. The third kappa shape index (κ3) is 3.04. The van der Waals surface area contributed by atoms with Crippen LogP contribution in [0.1, 0.15) is 19.8 Å². The van der Waals surface area contributed by atoms with Crippen molar-refractivity contribution in [3.05, 3.63) is 28.6 Å². The van der Waals surface area contributed by atoms with Crippen molar-refractivity contribution in [1.29, 1.82) is 0 Å². The average Bonchev–Trinajstić information content (AvgIpc) is 2.47. The molecular weight excluding hydrogens is 262 g/mol. The van der Waals surface area contributed by atoms with Gasteiger partial charge in [-0.25, -0.2) is 0 Å². The molecule has 0 radical (unpaired) electrons. The maximum Gasteiger partial charge on any atom is 0.310 e. The molecule has 0 unspecified atom stereocenters. The molecule has 0 amide bonds. The highest BCUT2D eigenvalue weighted by molar-refractivity contribution is 5.73. The van der Waals surface area contributed by atoms with Gasteiger partial charge in [0.15, 0.2) is 0 Å². The van der Waals surface area contributed by atoms with Crippen molar-refractivity contribution in [1.82, 2.24) is 4.98 Å². The van der Waals surface area contributed by atoms with Crippen LogP contribution in [0.25, 0.3) is 0 Å². The molecule has 1 aromatic heterocycles. The van der Waals surface area contributed by atoms with Gasteiger partial charge in [-0.15, -0.1) is 0 Å². The molecule has 0 N–H and O–H groups in total. The number of esters is 1. The lowest BCUT2D eigenvalue weighted by Crippen LogP contribution is -2.37. The van der Waals surface area contributed by atoms with Gasteiger partial charge in [-0.2, -0.15) is 0 Å². The molecule has 1 aliphatic heterocycles. The first-order valence-corrected chi connectivity index (χ1v) is 6.63. The second kappa shape index (κ2) is 6.31. The number of carbonyl (C=O) groups is 1. The van der Waals surface area contributed by atoms with E-state index >= 15 is 0 Å². The van der Waals surface area contributed by atoms with Gasteiger partial charge in [-0.05, 0) is 25.8 Å². The fourth-order valence-electron chi connectivity index (χ4n) is 2.40. The number of nitro groups is 1. The third-order valence-corrected chi connectivity index (χ3v) is 3.43. The number of anilines is 1. The molecule has 2 rings (SSSR count). The van der Waals surface area contributed by atoms with E-state index < -0.39 is 4.92 Å². The highest BCUT2D eigenvalue weighted by atomic mass is 16.6. The number of rotatable bonds is 4. The Balaban J connectivity index is 2.04. The van der Waals surface area contributed by atoms with E-state index in [1.165, 1.54) is 6.20 Å². The Labute approximate surface area is 116 Å². The Morgan fingerprint density at radius 1 is 1.55 bits per heavy atom. The van der Waals surface area contributed by atoms with Crippen LogP contribution in [0.15, 0.2) is 18.5 Å². The molecule has 1 aromatic rings. The molecule has 2 heterocycles. The highest BCUT2D eigenvalue weighted by Gasteiger charge is 2.28. The van der Waals surface area contributed by atoms with Gasteiger partial charge in [-0.3, -0.25) is 19.9 Å². The quantitative estimate of drug-likeness (QED) is 0.474. The van der Waals surface area contributed by atoms with Gasteiger partial charge in [0.1, 0.15) is 11.9 Å². The minimum atomic E-state index is -0.431. The van der Waals surface area contributed by atoms with Crippen molar-refractivity contribution < 1.29 is 14.5 Å². The molecule has 7 nitrogen and oxygen atoms in total. The molecule has 7 heteroatoms. The molecule has 0 bridgehead atoms. The number of piperidine rings is 1. The summed E-state index contributed by atoms with van der Waals surface area (Å²) >= 11 is 0. The largest absolute Gasteiger partial charge is 0.466 e. The zero-order valence-corrected chi connectivity index (χ0v) is 11.3. The minimum absolute atomic E-state index is 0.00193. The first-order valence-electron chi connectivity index (χ1n) is 6.63. The topological polar surface area (TPSA) is 85.6 Å². The van der Waals surface area contributed by atoms with Crippen LogP contribution < -0.4 is 4.90 Å². The van der Waals surface area contributed by atoms with Gasteiger partial charge >= 0.3 is 11.7 Å². The molecule has 1 saturated heterocycles. The number of pyridine rings is 1. The molecular formula is C13H17N3O4. The molecule has 0 aliphatic carbocycles. The molecule has 0 spiro atoms. The van der Waals surface area contributed by atoms with Gasteiger partial charge in [0.25, 0.3) is 0 Å². The van der Waals surface area contributed by atoms with Gasteiger partial charge in [0.05, 0.1) is 17.4 Å². The lowest BCUT2D eigenvalue weighted by atomic mass is 9.96. The number of hydrogen-bond acceptors (Lipinski definition) is 6. The molecule has 1 aliphatic rings. The van der Waals surface area contributed by atoms with E-state index in [9.17, 15) is 14.9 Å². The van der Waals surface area contributed by atoms with E-state index in [0.29, 0.717) is 38.2 Å². The SMILES string of the molecule is CCOC(=O)C1CCN(c2ccncc2[N+](=O)[O-])CC1. The first kappa shape index (κ1) is 14.2. The Morgan fingerprint density at radius 3 is 2.85 bits per heavy atom. The van der Waals surface area contributed by atoms with Crippen LogP contribution in [-0.2, 0) is 9.53 Å². The Kier molecular flexibility index (Phi) is 4.49. The predicted molar refractivity (Wildman–Crippen MR) is 72.5 cm³/mol. The van der Waals surface area contributed by atoms with Crippen molar-refractivity contribution in [3.8, 4) is 0 Å². The van der Waals surface area contributed by atoms with Crippen LogP contribution in [0.3, 0.4) is 0 Å². The molecule has 20 heavy (non-hydrogen) atoms. The monoisotopic (exact) mass is 279 g/mol. The zero-order valence-electron chi connectivity index (χ0n) is 11.3. The van der Waals surface area contributed by atoms with Crippen molar-refractivity contribution in [2.75, 3.05) is 24.6 Å². The summed E-state index contributed by atoms with van der Waals surface area (Å²) in [4.78, 5) is 27.9. The summed E-state index contributed by atoms with van der Waals surface area (Å²) in [7, 11) is 0. The van der Waals surface area contributed by atoms with Gasteiger partial charge in [-0.1, -0.05) is 0 Å². The lowest BCUT2D eigenvalue weighted by Gasteiger charge is -2.32. The van der Waals surface area contributed by atoms with Crippen LogP contribution in [0.2, 0.25) is 0 Å². The van der Waals surface area contributed by atoms with Crippen molar-refractivity contribution in [2.24, 2.45) is 5.92 Å². The van der Waals surface area contributed by atoms with Crippen LogP contribution in [-0.4, -0.2) is 35.6 Å². The summed E-state index contributed by atoms with van der Waals surface area (Å²) in [6.07, 6.45) is 4.10. The van der Waals surface area contributed by atoms with Crippen molar-refractivity contribution >= 4 is 17.3 Å². The molecule has 0 aromatic carbocycles. The van der Waals surface area contributed by atoms with E-state index in [2.05, 4.69) is 4.98 Å². The van der Waals surface area contributed by atoms with E-state index in [0.717, 1.165) is 0 Å². The van der Waals surface area contributed by atoms with Crippen LogP contribution in [0.4, 0.5) is 11.4 Å². The summed E-state index contributed by atoms with van der Waals surface area (Å²) in [5.74, 6) is -0.275. The minimum Gasteiger partial charge on any atom is -0.466 e. The number of hydrogen-bond donors (Lipinski definition) is 0. The van der Waals surface area contributed by atoms with Crippen LogP contribution in [0.5, 0.6) is 0 Å². The average molecular weight is 279 g/mol. The van der Waals surface area contributed by atoms with E-state index in [1.54, 1.807) is 19.2 Å². The third-order valence-electron chi connectivity index (χ3n) is 3.43. The maximum absolute atomic E-state index is 11.7. The molecule has 0 saturated carbocycles. The molecule has 108 valence electrons. The Morgan fingerprint density at radius 2 is 2.25 bits per heavy atom. The normalized spacial score (nSPS) is 15.9. The summed E-state index contributed by atoms with van der Waals surface area (Å²) in [6.45, 7) is 3.38. The van der Waals surface area contributed by atoms with Gasteiger partial charge < -0.3 is 9.64 Å². The second-order valence-corrected chi connectivity index (χ2v) is 4.63. The van der Waals surface area contributed by atoms with Crippen LogP contribution in [0, 0.1) is 16.0 Å². The summed E-state index contributed by atoms with van der Waals surface area (Å²) in [5.41, 5.74) is 0.564. The Bertz CT molecular complexity index is 498. The number of nitrogens with zero attached hydrogens (tertiary/aromatic N) is 3. The van der Waals surface area contributed by atoms with E-state index in [4.69, 9.17) is 4.74 Å². The van der Waals surface area contributed by atoms with Gasteiger partial charge in [0.2, 0.25) is 0 Å². The molecule has 1 fully saturated rings. The Hall–Kier alpha value is -2.18. The summed E-state index contributed by atoms with van der Waals surface area (Å²) in [5, 5.41) is 11.0. The lowest BCUT2D eigenvalue weighted by molar-refractivity contribution is -0.384. The standard InChI is InChI=1S/C13H17N3O4/c1-2-20-13(17)10-4-7-15(8-5-10)11-3-6-14-9-12(11)16(18)19/h3,6,9-10H,2,4-5,7-8H2,1H3. The van der Waals surface area contributed by atoms with E-state index in [-0.39, 0.29) is 17.6 Å². The second-order valence-electron chi connectivity index (χ2n) is 4.63. The maximum atomic E-state index is 11.7. The fourth-order valence-corrected chi connectivity index (χ4v) is 2.40. The fraction of sp³-hybridized carbons (Fsp3) is 0.538. The van der Waals surface area contributed by atoms with E-state index in [1.807, 2.05) is 4.90 Å². The first-order chi connectivity index (χ1) is 9.63. The number of carbonyl (C=O) groups excluding carboxylic acids is 1. The summed E-state index contributed by atoms with van der Waals surface area (Å²) in [6, 6.07) is 1.64. The smallest absolute Gasteiger partial charge is 0.310 e. The number of aromatic nitrogens is 1. The number of ether oxygens (including phenoxy) is 1. The van der Waals surface area contributed by atoms with Crippen LogP contribution >= 0.6 is 0 Å². The highest BCUT2D eigenvalue weighted by Crippen LogP contribution is 2.30.